The topological polar surface area (TPSA) is 38.9 Å². The fraction of sp³-hybridized carbons (Fsp3) is 0.688. The van der Waals surface area contributed by atoms with Crippen molar-refractivity contribution in [2.45, 2.75) is 45.1 Å². The van der Waals surface area contributed by atoms with Gasteiger partial charge in [0.1, 0.15) is 5.01 Å². The van der Waals surface area contributed by atoms with Gasteiger partial charge in [0.15, 0.2) is 0 Å². The lowest BCUT2D eigenvalue weighted by molar-refractivity contribution is -0.0232. The van der Waals surface area contributed by atoms with Crippen molar-refractivity contribution in [3.05, 3.63) is 22.2 Å². The van der Waals surface area contributed by atoms with Gasteiger partial charge in [-0.05, 0) is 67.8 Å². The summed E-state index contributed by atoms with van der Waals surface area (Å²) >= 11 is 1.72. The molecule has 0 amide bonds. The second-order valence-electron chi connectivity index (χ2n) is 6.99. The second kappa shape index (κ2) is 4.42. The lowest BCUT2D eigenvalue weighted by atomic mass is 9.49. The van der Waals surface area contributed by atoms with E-state index < -0.39 is 0 Å². The lowest BCUT2D eigenvalue weighted by Crippen LogP contribution is -2.44. The predicted molar refractivity (Wildman–Crippen MR) is 79.6 cm³/mol. The number of allylic oxidation sites excluding steroid dienone is 1. The number of nitrogens with zero attached hydrogens (tertiary/aromatic N) is 1. The highest BCUT2D eigenvalue weighted by Crippen LogP contribution is 2.60. The third kappa shape index (κ3) is 2.17. The van der Waals surface area contributed by atoms with Crippen LogP contribution in [0, 0.1) is 23.2 Å². The molecule has 0 aliphatic heterocycles. The molecule has 0 radical (unpaired) electrons. The Morgan fingerprint density at radius 1 is 1.21 bits per heavy atom. The molecule has 0 atom stereocenters. The molecule has 4 aliphatic rings. The number of nitrogens with two attached hydrogens (primary N) is 1. The number of rotatable bonds is 3. The summed E-state index contributed by atoms with van der Waals surface area (Å²) in [4.78, 5) is 4.55. The molecular weight excluding hydrogens is 252 g/mol. The average molecular weight is 274 g/mol. The van der Waals surface area contributed by atoms with Crippen molar-refractivity contribution in [1.29, 1.82) is 0 Å². The first-order chi connectivity index (χ1) is 9.25. The van der Waals surface area contributed by atoms with Crippen molar-refractivity contribution in [3.8, 4) is 0 Å². The molecule has 0 saturated heterocycles. The van der Waals surface area contributed by atoms with Crippen molar-refractivity contribution in [2.75, 3.05) is 0 Å². The van der Waals surface area contributed by atoms with Gasteiger partial charge in [-0.2, -0.15) is 0 Å². The summed E-state index contributed by atoms with van der Waals surface area (Å²) in [7, 11) is 0. The van der Waals surface area contributed by atoms with Gasteiger partial charge in [-0.1, -0.05) is 6.08 Å². The van der Waals surface area contributed by atoms with Crippen LogP contribution in [0.4, 0.5) is 0 Å². The van der Waals surface area contributed by atoms with Crippen molar-refractivity contribution >= 4 is 17.4 Å². The lowest BCUT2D eigenvalue weighted by Gasteiger charge is -2.55. The van der Waals surface area contributed by atoms with E-state index in [1.807, 2.05) is 0 Å². The molecule has 0 aromatic carbocycles. The number of hydrogen-bond donors (Lipinski definition) is 1. The maximum absolute atomic E-state index is 5.63. The van der Waals surface area contributed by atoms with Gasteiger partial charge in [0.05, 0.1) is 5.69 Å². The van der Waals surface area contributed by atoms with Crippen LogP contribution >= 0.6 is 11.3 Å². The minimum Gasteiger partial charge on any atom is -0.325 e. The monoisotopic (exact) mass is 274 g/mol. The third-order valence-corrected chi connectivity index (χ3v) is 6.30. The first-order valence-corrected chi connectivity index (χ1v) is 8.46. The van der Waals surface area contributed by atoms with Crippen LogP contribution < -0.4 is 5.73 Å². The van der Waals surface area contributed by atoms with E-state index >= 15 is 0 Å². The van der Waals surface area contributed by atoms with Crippen molar-refractivity contribution in [1.82, 2.24) is 4.98 Å². The Hall–Kier alpha value is -0.670. The molecule has 102 valence electrons. The highest BCUT2D eigenvalue weighted by molar-refractivity contribution is 7.10. The van der Waals surface area contributed by atoms with Crippen LogP contribution in [0.5, 0.6) is 0 Å². The quantitative estimate of drug-likeness (QED) is 0.909. The first kappa shape index (κ1) is 12.1. The molecule has 19 heavy (non-hydrogen) atoms. The Morgan fingerprint density at radius 2 is 1.84 bits per heavy atom. The van der Waals surface area contributed by atoms with E-state index in [9.17, 15) is 0 Å². The molecule has 4 bridgehead atoms. The summed E-state index contributed by atoms with van der Waals surface area (Å²) in [6.07, 6.45) is 13.6. The molecule has 1 aromatic rings. The van der Waals surface area contributed by atoms with E-state index in [2.05, 4.69) is 22.5 Å². The van der Waals surface area contributed by atoms with Crippen LogP contribution in [-0.2, 0) is 6.54 Å². The molecule has 5 rings (SSSR count). The van der Waals surface area contributed by atoms with Crippen LogP contribution in [0.3, 0.4) is 0 Å². The SMILES string of the molecule is NCc1csc(/C=C/C23CC4CC(CC(C4)C2)C3)n1. The Kier molecular flexibility index (Phi) is 2.82. The van der Waals surface area contributed by atoms with Crippen LogP contribution in [-0.4, -0.2) is 4.98 Å². The van der Waals surface area contributed by atoms with Gasteiger partial charge in [-0.15, -0.1) is 11.3 Å². The maximum atomic E-state index is 5.63. The molecule has 0 unspecified atom stereocenters. The van der Waals surface area contributed by atoms with Gasteiger partial charge < -0.3 is 5.73 Å². The van der Waals surface area contributed by atoms with E-state index in [-0.39, 0.29) is 0 Å². The highest BCUT2D eigenvalue weighted by atomic mass is 32.1. The van der Waals surface area contributed by atoms with Gasteiger partial charge in [-0.25, -0.2) is 4.98 Å². The molecular formula is C16H22N2S. The molecule has 2 nitrogen and oxygen atoms in total. The molecule has 4 fully saturated rings. The Labute approximate surface area is 119 Å². The van der Waals surface area contributed by atoms with Crippen LogP contribution in [0.15, 0.2) is 11.5 Å². The molecule has 4 saturated carbocycles. The van der Waals surface area contributed by atoms with Crippen LogP contribution in [0.25, 0.3) is 6.08 Å². The van der Waals surface area contributed by atoms with E-state index in [0.717, 1.165) is 28.5 Å². The van der Waals surface area contributed by atoms with Crippen molar-refractivity contribution < 1.29 is 0 Å². The van der Waals surface area contributed by atoms with Crippen LogP contribution in [0.1, 0.15) is 49.2 Å². The minimum absolute atomic E-state index is 0.517. The normalized spacial score (nSPS) is 40.4. The summed E-state index contributed by atoms with van der Waals surface area (Å²) in [5.41, 5.74) is 7.17. The number of thiazole rings is 1. The summed E-state index contributed by atoms with van der Waals surface area (Å²) in [5, 5.41) is 3.22. The zero-order valence-electron chi connectivity index (χ0n) is 11.3. The van der Waals surface area contributed by atoms with Gasteiger partial charge >= 0.3 is 0 Å². The van der Waals surface area contributed by atoms with E-state index in [0.29, 0.717) is 12.0 Å². The molecule has 4 aliphatic carbocycles. The maximum Gasteiger partial charge on any atom is 0.116 e. The molecule has 0 spiro atoms. The number of hydrogen-bond acceptors (Lipinski definition) is 3. The zero-order valence-corrected chi connectivity index (χ0v) is 12.2. The Balaban J connectivity index is 1.55. The molecule has 2 N–H and O–H groups in total. The highest BCUT2D eigenvalue weighted by Gasteiger charge is 2.49. The van der Waals surface area contributed by atoms with Crippen molar-refractivity contribution in [2.24, 2.45) is 28.9 Å². The van der Waals surface area contributed by atoms with Gasteiger partial charge in [-0.3, -0.25) is 0 Å². The van der Waals surface area contributed by atoms with Gasteiger partial charge in [0.25, 0.3) is 0 Å². The fourth-order valence-corrected chi connectivity index (χ4v) is 5.85. The van der Waals surface area contributed by atoms with Gasteiger partial charge in [0, 0.05) is 11.9 Å². The summed E-state index contributed by atoms with van der Waals surface area (Å²) < 4.78 is 0. The fourth-order valence-electron chi connectivity index (χ4n) is 5.12. The molecule has 1 heterocycles. The first-order valence-electron chi connectivity index (χ1n) is 7.58. The Morgan fingerprint density at radius 3 is 2.37 bits per heavy atom. The Bertz CT molecular complexity index is 467. The van der Waals surface area contributed by atoms with E-state index in [1.165, 1.54) is 38.5 Å². The summed E-state index contributed by atoms with van der Waals surface area (Å²) in [6, 6.07) is 0. The summed E-state index contributed by atoms with van der Waals surface area (Å²) in [5.74, 6) is 3.06. The van der Waals surface area contributed by atoms with Gasteiger partial charge in [0.2, 0.25) is 0 Å². The number of aromatic nitrogens is 1. The summed E-state index contributed by atoms with van der Waals surface area (Å²) in [6.45, 7) is 0.557. The van der Waals surface area contributed by atoms with Crippen molar-refractivity contribution in [3.63, 3.8) is 0 Å². The second-order valence-corrected chi connectivity index (χ2v) is 7.88. The average Bonchev–Trinajstić information content (AvgIpc) is 2.83. The molecule has 3 heteroatoms. The standard InChI is InChI=1S/C16H22N2S/c17-9-14-10-19-15(18-14)1-2-16-6-11-3-12(7-16)5-13(4-11)8-16/h1-2,10-13H,3-9,17H2/b2-1+. The van der Waals surface area contributed by atoms with E-state index in [1.54, 1.807) is 11.3 Å². The smallest absolute Gasteiger partial charge is 0.116 e. The van der Waals surface area contributed by atoms with E-state index in [4.69, 9.17) is 5.73 Å². The minimum atomic E-state index is 0.517. The third-order valence-electron chi connectivity index (χ3n) is 5.44. The zero-order chi connectivity index (χ0) is 12.9. The van der Waals surface area contributed by atoms with Crippen LogP contribution in [0.2, 0.25) is 0 Å². The largest absolute Gasteiger partial charge is 0.325 e. The molecule has 1 aromatic heterocycles. The predicted octanol–water partition coefficient (Wildman–Crippen LogP) is 3.83.